The van der Waals surface area contributed by atoms with Crippen molar-refractivity contribution in [2.45, 2.75) is 11.1 Å². The van der Waals surface area contributed by atoms with Crippen LogP contribution in [0, 0.1) is 17.0 Å². The summed E-state index contributed by atoms with van der Waals surface area (Å²) in [6.45, 7) is 1.59. The van der Waals surface area contributed by atoms with Gasteiger partial charge >= 0.3 is 0 Å². The summed E-state index contributed by atoms with van der Waals surface area (Å²) in [7, 11) is -3.68. The number of aryl methyl sites for hydroxylation is 1. The van der Waals surface area contributed by atoms with Gasteiger partial charge in [0.15, 0.2) is 0 Å². The van der Waals surface area contributed by atoms with Crippen molar-refractivity contribution in [3.8, 4) is 0 Å². The van der Waals surface area contributed by atoms with Crippen LogP contribution in [0.5, 0.6) is 0 Å². The maximum Gasteiger partial charge on any atom is 0.274 e. The van der Waals surface area contributed by atoms with Crippen LogP contribution in [0.25, 0.3) is 0 Å². The third-order valence-corrected chi connectivity index (χ3v) is 5.20. The van der Waals surface area contributed by atoms with Crippen molar-refractivity contribution in [1.29, 1.82) is 0 Å². The Morgan fingerprint density at radius 2 is 2.05 bits per heavy atom. The van der Waals surface area contributed by atoms with Crippen molar-refractivity contribution in [3.05, 3.63) is 51.4 Å². The molecule has 0 spiro atoms. The maximum atomic E-state index is 12.0. The highest BCUT2D eigenvalue weighted by Crippen LogP contribution is 2.25. The topological polar surface area (TPSA) is 89.3 Å². The van der Waals surface area contributed by atoms with Crippen LogP contribution in [0.1, 0.15) is 5.56 Å². The Balaban J connectivity index is 2.35. The molecule has 0 radical (unpaired) electrons. The molecule has 1 aromatic heterocycles. The minimum absolute atomic E-state index is 0.119. The summed E-state index contributed by atoms with van der Waals surface area (Å²) in [6.07, 6.45) is 0. The molecule has 0 aliphatic rings. The average Bonchev–Trinajstić information content (AvgIpc) is 2.85. The fourth-order valence-electron chi connectivity index (χ4n) is 1.49. The Bertz CT molecular complexity index is 708. The maximum absolute atomic E-state index is 12.0. The number of rotatable bonds is 4. The van der Waals surface area contributed by atoms with E-state index in [9.17, 15) is 18.5 Å². The summed E-state index contributed by atoms with van der Waals surface area (Å²) >= 11 is 1.08. The molecule has 0 fully saturated rings. The molecule has 0 bridgehead atoms. The van der Waals surface area contributed by atoms with Crippen LogP contribution in [0.3, 0.4) is 0 Å². The van der Waals surface area contributed by atoms with Crippen molar-refractivity contribution < 1.29 is 13.3 Å². The van der Waals surface area contributed by atoms with Crippen molar-refractivity contribution in [2.75, 3.05) is 4.72 Å². The number of nitro benzene ring substituents is 1. The van der Waals surface area contributed by atoms with E-state index in [2.05, 4.69) is 4.72 Å². The second-order valence-corrected chi connectivity index (χ2v) is 6.65. The normalized spacial score (nSPS) is 11.2. The first-order valence-electron chi connectivity index (χ1n) is 5.21. The number of hydrogen-bond acceptors (Lipinski definition) is 5. The van der Waals surface area contributed by atoms with E-state index < -0.39 is 14.9 Å². The molecule has 1 heterocycles. The van der Waals surface area contributed by atoms with Gasteiger partial charge in [-0.25, -0.2) is 8.42 Å². The summed E-state index contributed by atoms with van der Waals surface area (Å²) in [6, 6.07) is 7.30. The molecule has 0 aliphatic carbocycles. The van der Waals surface area contributed by atoms with E-state index in [-0.39, 0.29) is 15.6 Å². The highest BCUT2D eigenvalue weighted by molar-refractivity contribution is 7.94. The van der Waals surface area contributed by atoms with Crippen molar-refractivity contribution in [2.24, 2.45) is 0 Å². The van der Waals surface area contributed by atoms with Gasteiger partial charge in [0.25, 0.3) is 15.7 Å². The molecule has 1 aromatic carbocycles. The Morgan fingerprint density at radius 3 is 2.63 bits per heavy atom. The summed E-state index contributed by atoms with van der Waals surface area (Å²) in [5.41, 5.74) is 0.529. The zero-order chi connectivity index (χ0) is 14.0. The smallest absolute Gasteiger partial charge is 0.274 e. The second kappa shape index (κ2) is 4.98. The van der Waals surface area contributed by atoms with Crippen LogP contribution in [0.15, 0.2) is 39.9 Å². The fraction of sp³-hybridized carbons (Fsp3) is 0.0909. The highest BCUT2D eigenvalue weighted by atomic mass is 32.2. The summed E-state index contributed by atoms with van der Waals surface area (Å²) < 4.78 is 26.4. The van der Waals surface area contributed by atoms with Gasteiger partial charge in [-0.1, -0.05) is 12.1 Å². The van der Waals surface area contributed by atoms with E-state index in [1.807, 2.05) is 0 Å². The van der Waals surface area contributed by atoms with E-state index in [4.69, 9.17) is 0 Å². The van der Waals surface area contributed by atoms with Crippen molar-refractivity contribution >= 4 is 32.7 Å². The third-order valence-electron chi connectivity index (χ3n) is 2.42. The van der Waals surface area contributed by atoms with Gasteiger partial charge in [0, 0.05) is 11.6 Å². The van der Waals surface area contributed by atoms with Crippen LogP contribution in [-0.4, -0.2) is 13.3 Å². The lowest BCUT2D eigenvalue weighted by molar-refractivity contribution is -0.385. The Hall–Kier alpha value is -1.93. The van der Waals surface area contributed by atoms with E-state index in [0.717, 1.165) is 11.3 Å². The van der Waals surface area contributed by atoms with Gasteiger partial charge in [-0.2, -0.15) is 0 Å². The molecule has 6 nitrogen and oxygen atoms in total. The number of sulfonamides is 1. The molecule has 0 amide bonds. The number of anilines is 1. The Morgan fingerprint density at radius 1 is 1.32 bits per heavy atom. The molecule has 0 atom stereocenters. The standard InChI is InChI=1S/C11H10N2O4S2/c1-8-4-5-9(7-10(8)13(14)15)12-19(16,17)11-3-2-6-18-11/h2-7,12H,1H3. The van der Waals surface area contributed by atoms with Crippen molar-refractivity contribution in [3.63, 3.8) is 0 Å². The number of thiophene rings is 1. The number of hydrogen-bond donors (Lipinski definition) is 1. The molecule has 2 aromatic rings. The molecule has 8 heteroatoms. The van der Waals surface area contributed by atoms with E-state index >= 15 is 0 Å². The molecular formula is C11H10N2O4S2. The molecule has 1 N–H and O–H groups in total. The lowest BCUT2D eigenvalue weighted by Gasteiger charge is -2.06. The first-order chi connectivity index (χ1) is 8.90. The van der Waals surface area contributed by atoms with Gasteiger partial charge in [0.1, 0.15) is 4.21 Å². The average molecular weight is 298 g/mol. The summed E-state index contributed by atoms with van der Waals surface area (Å²) in [5.74, 6) is 0. The first kappa shape index (κ1) is 13.5. The molecule has 0 saturated carbocycles. The lowest BCUT2D eigenvalue weighted by Crippen LogP contribution is -2.11. The quantitative estimate of drug-likeness (QED) is 0.694. The van der Waals surface area contributed by atoms with Crippen molar-refractivity contribution in [1.82, 2.24) is 0 Å². The number of nitrogens with one attached hydrogen (secondary N) is 1. The summed E-state index contributed by atoms with van der Waals surface area (Å²) in [5, 5.41) is 12.4. The molecule has 100 valence electrons. The largest absolute Gasteiger partial charge is 0.279 e. The Kier molecular flexibility index (Phi) is 3.54. The van der Waals surface area contributed by atoms with Crippen LogP contribution < -0.4 is 4.72 Å². The summed E-state index contributed by atoms with van der Waals surface area (Å²) in [4.78, 5) is 10.3. The van der Waals surface area contributed by atoms with Gasteiger partial charge in [0.2, 0.25) is 0 Å². The predicted octanol–water partition coefficient (Wildman–Crippen LogP) is 2.77. The van der Waals surface area contributed by atoms with E-state index in [1.54, 1.807) is 18.4 Å². The minimum atomic E-state index is -3.68. The molecule has 0 saturated heterocycles. The van der Waals surface area contributed by atoms with Gasteiger partial charge in [-0.15, -0.1) is 11.3 Å². The number of nitrogens with zero attached hydrogens (tertiary/aromatic N) is 1. The Labute approximate surface area is 113 Å². The SMILES string of the molecule is Cc1ccc(NS(=O)(=O)c2cccs2)cc1[N+](=O)[O-]. The number of benzene rings is 1. The zero-order valence-corrected chi connectivity index (χ0v) is 11.5. The molecular weight excluding hydrogens is 288 g/mol. The molecule has 0 aliphatic heterocycles. The van der Waals surface area contributed by atoms with Crippen LogP contribution in [-0.2, 0) is 10.0 Å². The fourth-order valence-corrected chi connectivity index (χ4v) is 3.53. The monoisotopic (exact) mass is 298 g/mol. The van der Waals surface area contributed by atoms with Gasteiger partial charge in [0.05, 0.1) is 10.6 Å². The molecule has 2 rings (SSSR count). The first-order valence-corrected chi connectivity index (χ1v) is 7.58. The predicted molar refractivity (Wildman–Crippen MR) is 73.0 cm³/mol. The van der Waals surface area contributed by atoms with Gasteiger partial charge < -0.3 is 0 Å². The molecule has 19 heavy (non-hydrogen) atoms. The van der Waals surface area contributed by atoms with Gasteiger partial charge in [-0.3, -0.25) is 14.8 Å². The van der Waals surface area contributed by atoms with Crippen LogP contribution in [0.2, 0.25) is 0 Å². The molecule has 0 unspecified atom stereocenters. The van der Waals surface area contributed by atoms with Crippen LogP contribution in [0.4, 0.5) is 11.4 Å². The highest BCUT2D eigenvalue weighted by Gasteiger charge is 2.17. The zero-order valence-electron chi connectivity index (χ0n) is 9.86. The van der Waals surface area contributed by atoms with Crippen LogP contribution >= 0.6 is 11.3 Å². The van der Waals surface area contributed by atoms with Gasteiger partial charge in [-0.05, 0) is 24.4 Å². The van der Waals surface area contributed by atoms with E-state index in [1.165, 1.54) is 24.3 Å². The second-order valence-electron chi connectivity index (χ2n) is 3.80. The number of nitro groups is 1. The van der Waals surface area contributed by atoms with E-state index in [0.29, 0.717) is 5.56 Å². The third kappa shape index (κ3) is 2.91. The minimum Gasteiger partial charge on any atom is -0.279 e. The lowest BCUT2D eigenvalue weighted by atomic mass is 10.2.